The number of carbonyl (C=O) groups is 1. The van der Waals surface area contributed by atoms with Crippen LogP contribution < -0.4 is 15.4 Å². The first kappa shape index (κ1) is 17.7. The van der Waals surface area contributed by atoms with Gasteiger partial charge in [-0.1, -0.05) is 0 Å². The molecule has 9 heteroatoms. The molecule has 0 spiro atoms. The topological polar surface area (TPSA) is 111 Å². The lowest BCUT2D eigenvalue weighted by molar-refractivity contribution is 0.262. The van der Waals surface area contributed by atoms with Crippen molar-refractivity contribution < 1.29 is 13.2 Å². The SMILES string of the molecule is CS(=O)(=O)Nc1ccc(NC(=O)Nc2ccc(SC#N)cc2)cc1. The first-order valence-electron chi connectivity index (χ1n) is 6.67. The molecule has 0 bridgehead atoms. The zero-order chi connectivity index (χ0) is 17.6. The highest BCUT2D eigenvalue weighted by Gasteiger charge is 2.05. The van der Waals surface area contributed by atoms with Gasteiger partial charge in [-0.05, 0) is 60.3 Å². The van der Waals surface area contributed by atoms with Crippen LogP contribution in [0.3, 0.4) is 0 Å². The largest absolute Gasteiger partial charge is 0.323 e. The van der Waals surface area contributed by atoms with Crippen LogP contribution in [0.5, 0.6) is 0 Å². The quantitative estimate of drug-likeness (QED) is 0.558. The highest BCUT2D eigenvalue weighted by Crippen LogP contribution is 2.19. The molecule has 0 fully saturated rings. The van der Waals surface area contributed by atoms with E-state index in [1.165, 1.54) is 0 Å². The number of sulfonamides is 1. The van der Waals surface area contributed by atoms with Crippen molar-refractivity contribution in [3.8, 4) is 5.40 Å². The summed E-state index contributed by atoms with van der Waals surface area (Å²) in [5.41, 5.74) is 1.52. The van der Waals surface area contributed by atoms with Gasteiger partial charge in [-0.3, -0.25) is 4.72 Å². The molecule has 0 radical (unpaired) electrons. The van der Waals surface area contributed by atoms with E-state index in [-0.39, 0.29) is 0 Å². The van der Waals surface area contributed by atoms with Gasteiger partial charge in [0.15, 0.2) is 0 Å². The first-order valence-corrected chi connectivity index (χ1v) is 9.38. The van der Waals surface area contributed by atoms with Gasteiger partial charge >= 0.3 is 6.03 Å². The Morgan fingerprint density at radius 1 is 0.958 bits per heavy atom. The van der Waals surface area contributed by atoms with Crippen molar-refractivity contribution in [3.05, 3.63) is 48.5 Å². The van der Waals surface area contributed by atoms with E-state index in [0.29, 0.717) is 17.1 Å². The minimum absolute atomic E-state index is 0.411. The highest BCUT2D eigenvalue weighted by atomic mass is 32.2. The van der Waals surface area contributed by atoms with Crippen LogP contribution in [0, 0.1) is 10.7 Å². The number of amides is 2. The Kier molecular flexibility index (Phi) is 5.68. The van der Waals surface area contributed by atoms with Crippen molar-refractivity contribution in [3.63, 3.8) is 0 Å². The number of anilines is 3. The maximum absolute atomic E-state index is 11.9. The zero-order valence-electron chi connectivity index (χ0n) is 12.6. The predicted molar refractivity (Wildman–Crippen MR) is 95.5 cm³/mol. The van der Waals surface area contributed by atoms with Crippen LogP contribution in [-0.4, -0.2) is 20.7 Å². The number of hydrogen-bond acceptors (Lipinski definition) is 5. The molecule has 0 aliphatic rings. The molecule has 2 amide bonds. The molecule has 24 heavy (non-hydrogen) atoms. The van der Waals surface area contributed by atoms with E-state index in [1.54, 1.807) is 48.5 Å². The van der Waals surface area contributed by atoms with E-state index in [9.17, 15) is 13.2 Å². The lowest BCUT2D eigenvalue weighted by atomic mass is 10.3. The van der Waals surface area contributed by atoms with Gasteiger partial charge in [0, 0.05) is 22.0 Å². The Labute approximate surface area is 144 Å². The van der Waals surface area contributed by atoms with Gasteiger partial charge in [0.1, 0.15) is 5.40 Å². The molecular formula is C15H14N4O3S2. The molecule has 0 saturated carbocycles. The molecule has 2 aromatic carbocycles. The fourth-order valence-electron chi connectivity index (χ4n) is 1.79. The fraction of sp³-hybridized carbons (Fsp3) is 0.0667. The third kappa shape index (κ3) is 5.83. The number of hydrogen-bond donors (Lipinski definition) is 3. The molecule has 0 heterocycles. The second-order valence-electron chi connectivity index (χ2n) is 4.75. The maximum Gasteiger partial charge on any atom is 0.323 e. The molecule has 2 rings (SSSR count). The van der Waals surface area contributed by atoms with Gasteiger partial charge < -0.3 is 10.6 Å². The summed E-state index contributed by atoms with van der Waals surface area (Å²) in [6.45, 7) is 0. The van der Waals surface area contributed by atoms with Crippen molar-refractivity contribution in [2.45, 2.75) is 4.90 Å². The number of nitrogens with zero attached hydrogens (tertiary/aromatic N) is 1. The summed E-state index contributed by atoms with van der Waals surface area (Å²) in [6, 6.07) is 12.7. The molecular weight excluding hydrogens is 348 g/mol. The normalized spacial score (nSPS) is 10.5. The molecule has 0 atom stereocenters. The van der Waals surface area contributed by atoms with Crippen LogP contribution in [0.2, 0.25) is 0 Å². The zero-order valence-corrected chi connectivity index (χ0v) is 14.2. The number of thiocyanates is 1. The number of carbonyl (C=O) groups excluding carboxylic acids is 1. The van der Waals surface area contributed by atoms with E-state index >= 15 is 0 Å². The first-order chi connectivity index (χ1) is 11.4. The molecule has 0 aliphatic carbocycles. The van der Waals surface area contributed by atoms with Crippen molar-refractivity contribution >= 4 is 44.9 Å². The van der Waals surface area contributed by atoms with Gasteiger partial charge in [0.2, 0.25) is 10.0 Å². The monoisotopic (exact) mass is 362 g/mol. The predicted octanol–water partition coefficient (Wildman–Crippen LogP) is 3.28. The summed E-state index contributed by atoms with van der Waals surface area (Å²) in [4.78, 5) is 12.7. The second-order valence-corrected chi connectivity index (χ2v) is 7.35. The Hall–Kier alpha value is -2.70. The van der Waals surface area contributed by atoms with Crippen molar-refractivity contribution in [2.24, 2.45) is 0 Å². The van der Waals surface area contributed by atoms with Crippen LogP contribution in [0.1, 0.15) is 0 Å². The number of thioether (sulfide) groups is 1. The van der Waals surface area contributed by atoms with E-state index in [4.69, 9.17) is 5.26 Å². The summed E-state index contributed by atoms with van der Waals surface area (Å²) in [7, 11) is -3.33. The van der Waals surface area contributed by atoms with Crippen molar-refractivity contribution in [1.82, 2.24) is 0 Å². The number of benzene rings is 2. The highest BCUT2D eigenvalue weighted by molar-refractivity contribution is 8.03. The average molecular weight is 362 g/mol. The minimum Gasteiger partial charge on any atom is -0.308 e. The van der Waals surface area contributed by atoms with Crippen molar-refractivity contribution in [2.75, 3.05) is 21.6 Å². The van der Waals surface area contributed by atoms with Gasteiger partial charge in [-0.25, -0.2) is 13.2 Å². The number of nitriles is 1. The van der Waals surface area contributed by atoms with E-state index in [1.807, 2.05) is 5.40 Å². The minimum atomic E-state index is -3.33. The molecule has 0 aliphatic heterocycles. The molecule has 3 N–H and O–H groups in total. The van der Waals surface area contributed by atoms with Crippen LogP contribution >= 0.6 is 11.8 Å². The number of nitrogens with one attached hydrogen (secondary N) is 3. The van der Waals surface area contributed by atoms with Crippen LogP contribution in [0.15, 0.2) is 53.4 Å². The van der Waals surface area contributed by atoms with Crippen LogP contribution in [0.25, 0.3) is 0 Å². The maximum atomic E-state index is 11.9. The molecule has 2 aromatic rings. The second kappa shape index (κ2) is 7.72. The Balaban J connectivity index is 1.93. The van der Waals surface area contributed by atoms with Gasteiger partial charge in [-0.15, -0.1) is 0 Å². The molecule has 7 nitrogen and oxygen atoms in total. The summed E-state index contributed by atoms with van der Waals surface area (Å²) in [6.07, 6.45) is 1.06. The van der Waals surface area contributed by atoms with Gasteiger partial charge in [0.25, 0.3) is 0 Å². The lowest BCUT2D eigenvalue weighted by Gasteiger charge is -2.09. The third-order valence-electron chi connectivity index (χ3n) is 2.72. The van der Waals surface area contributed by atoms with E-state index < -0.39 is 16.1 Å². The lowest BCUT2D eigenvalue weighted by Crippen LogP contribution is -2.19. The molecule has 124 valence electrons. The van der Waals surface area contributed by atoms with Gasteiger partial charge in [-0.2, -0.15) is 5.26 Å². The van der Waals surface area contributed by atoms with Crippen molar-refractivity contribution in [1.29, 1.82) is 5.26 Å². The molecule has 0 saturated heterocycles. The summed E-state index contributed by atoms with van der Waals surface area (Å²) >= 11 is 1.04. The summed E-state index contributed by atoms with van der Waals surface area (Å²) in [5, 5.41) is 15.8. The number of rotatable bonds is 5. The molecule has 0 unspecified atom stereocenters. The van der Waals surface area contributed by atoms with E-state index in [0.717, 1.165) is 22.9 Å². The third-order valence-corrected chi connectivity index (χ3v) is 3.93. The Morgan fingerprint density at radius 2 is 1.42 bits per heavy atom. The fourth-order valence-corrected chi connectivity index (χ4v) is 2.73. The van der Waals surface area contributed by atoms with Crippen LogP contribution in [-0.2, 0) is 10.0 Å². The standard InChI is InChI=1S/C15H14N4O3S2/c1-24(21,22)19-13-4-2-11(3-5-13)17-15(20)18-12-6-8-14(9-7-12)23-10-16/h2-9,19H,1H3,(H2,17,18,20). The van der Waals surface area contributed by atoms with Crippen LogP contribution in [0.4, 0.5) is 21.9 Å². The number of urea groups is 1. The van der Waals surface area contributed by atoms with E-state index in [2.05, 4.69) is 15.4 Å². The molecule has 0 aromatic heterocycles. The smallest absolute Gasteiger partial charge is 0.308 e. The summed E-state index contributed by atoms with van der Waals surface area (Å²) in [5.74, 6) is 0. The average Bonchev–Trinajstić information content (AvgIpc) is 2.50. The Bertz CT molecular complexity index is 857. The summed E-state index contributed by atoms with van der Waals surface area (Å²) < 4.78 is 24.6. The van der Waals surface area contributed by atoms with Gasteiger partial charge in [0.05, 0.1) is 6.26 Å². The Morgan fingerprint density at radius 3 is 1.88 bits per heavy atom.